The normalized spacial score (nSPS) is 11.9. The number of aliphatic hydroxyl groups excluding tert-OH is 1. The molecule has 0 aliphatic rings. The lowest BCUT2D eigenvalue weighted by atomic mass is 10.0. The Bertz CT molecular complexity index is 1200. The fourth-order valence-corrected chi connectivity index (χ4v) is 3.88. The average Bonchev–Trinajstić information content (AvgIpc) is 2.82. The Kier molecular flexibility index (Phi) is 8.71. The zero-order valence-corrected chi connectivity index (χ0v) is 20.2. The van der Waals surface area contributed by atoms with Crippen molar-refractivity contribution in [1.29, 1.82) is 0 Å². The van der Waals surface area contributed by atoms with Crippen molar-refractivity contribution in [2.24, 2.45) is 0 Å². The highest BCUT2D eigenvalue weighted by molar-refractivity contribution is 6.42. The number of hydrogen-bond acceptors (Lipinski definition) is 5. The number of carbonyl (C=O) groups excluding carboxylic acids is 1. The molecule has 0 fully saturated rings. The summed E-state index contributed by atoms with van der Waals surface area (Å²) in [6.45, 7) is 6.46. The minimum atomic E-state index is -0.512. The Morgan fingerprint density at radius 1 is 1.12 bits per heavy atom. The predicted octanol–water partition coefficient (Wildman–Crippen LogP) is 5.19. The fraction of sp³-hybridized carbons (Fsp3) is 0.308. The number of Topliss-reactive ketones (excluding diaryl/α,β-unsaturated/α-hetero) is 1. The average molecular weight is 484 g/mol. The van der Waals surface area contributed by atoms with Gasteiger partial charge in [-0.1, -0.05) is 61.0 Å². The maximum Gasteiger partial charge on any atom is 0.162 e. The molecule has 172 valence electrons. The zero-order chi connectivity index (χ0) is 24.0. The monoisotopic (exact) mass is 483 g/mol. The summed E-state index contributed by atoms with van der Waals surface area (Å²) in [4.78, 5) is 18.8. The van der Waals surface area contributed by atoms with E-state index in [4.69, 9.17) is 28.9 Å². The first-order valence-electron chi connectivity index (χ1n) is 10.9. The molecule has 0 saturated carbocycles. The van der Waals surface area contributed by atoms with Gasteiger partial charge >= 0.3 is 0 Å². The second-order valence-electron chi connectivity index (χ2n) is 7.80. The third kappa shape index (κ3) is 6.46. The van der Waals surface area contributed by atoms with Crippen LogP contribution in [-0.4, -0.2) is 46.5 Å². The molecular weight excluding hydrogens is 457 g/mol. The second kappa shape index (κ2) is 11.5. The maximum atomic E-state index is 12.5. The third-order valence-electron chi connectivity index (χ3n) is 5.57. The SMILES string of the molecule is CCN(CC)CC(O)CCC(=O)c1ccc(C#Cc2c(N)ncc3cc(Cl)c(Cl)cc23)cc1. The number of hydrogen-bond donors (Lipinski definition) is 2. The van der Waals surface area contributed by atoms with Gasteiger partial charge in [-0.3, -0.25) is 4.79 Å². The van der Waals surface area contributed by atoms with E-state index in [9.17, 15) is 9.90 Å². The van der Waals surface area contributed by atoms with Crippen LogP contribution in [0.25, 0.3) is 10.8 Å². The van der Waals surface area contributed by atoms with E-state index in [1.54, 1.807) is 42.6 Å². The van der Waals surface area contributed by atoms with Gasteiger partial charge in [0.05, 0.1) is 21.7 Å². The van der Waals surface area contributed by atoms with E-state index in [0.717, 1.165) is 29.4 Å². The van der Waals surface area contributed by atoms with Gasteiger partial charge < -0.3 is 15.7 Å². The highest BCUT2D eigenvalue weighted by Gasteiger charge is 2.13. The van der Waals surface area contributed by atoms with Crippen LogP contribution < -0.4 is 5.73 Å². The first-order chi connectivity index (χ1) is 15.8. The number of ketones is 1. The molecule has 1 aromatic heterocycles. The summed E-state index contributed by atoms with van der Waals surface area (Å²) in [5.74, 6) is 6.46. The van der Waals surface area contributed by atoms with Gasteiger partial charge in [0.1, 0.15) is 5.82 Å². The molecule has 1 heterocycles. The number of carbonyl (C=O) groups is 1. The summed E-state index contributed by atoms with van der Waals surface area (Å²) in [5.41, 5.74) is 7.97. The van der Waals surface area contributed by atoms with Crippen LogP contribution in [0.15, 0.2) is 42.6 Å². The lowest BCUT2D eigenvalue weighted by Crippen LogP contribution is -2.32. The molecule has 0 aliphatic heterocycles. The molecule has 0 aliphatic carbocycles. The molecule has 0 amide bonds. The number of rotatable bonds is 8. The molecule has 0 radical (unpaired) electrons. The summed E-state index contributed by atoms with van der Waals surface area (Å²) < 4.78 is 0. The number of nitrogens with zero attached hydrogens (tertiary/aromatic N) is 2. The standard InChI is InChI=1S/C26H27Cl2N3O2/c1-3-31(4-2)16-20(32)10-12-25(33)18-8-5-17(6-9-18)7-11-21-22-14-24(28)23(27)13-19(22)15-30-26(21)29/h5-6,8-9,13-15,20,32H,3-4,10,12,16H2,1-2H3,(H2,29,30). The Balaban J connectivity index is 1.71. The lowest BCUT2D eigenvalue weighted by molar-refractivity contribution is 0.0877. The van der Waals surface area contributed by atoms with E-state index >= 15 is 0 Å². The smallest absolute Gasteiger partial charge is 0.162 e. The number of anilines is 1. The summed E-state index contributed by atoms with van der Waals surface area (Å²) in [6, 6.07) is 10.6. The van der Waals surface area contributed by atoms with Gasteiger partial charge in [0.15, 0.2) is 5.78 Å². The minimum Gasteiger partial charge on any atom is -0.392 e. The molecule has 0 saturated heterocycles. The predicted molar refractivity (Wildman–Crippen MR) is 136 cm³/mol. The quantitative estimate of drug-likeness (QED) is 0.340. The van der Waals surface area contributed by atoms with Crippen molar-refractivity contribution in [2.45, 2.75) is 32.8 Å². The number of likely N-dealkylation sites (N-methyl/N-ethyl adjacent to an activating group) is 1. The molecule has 33 heavy (non-hydrogen) atoms. The highest BCUT2D eigenvalue weighted by Crippen LogP contribution is 2.30. The molecule has 2 aromatic carbocycles. The van der Waals surface area contributed by atoms with E-state index in [-0.39, 0.29) is 5.78 Å². The molecular formula is C26H27Cl2N3O2. The van der Waals surface area contributed by atoms with E-state index in [1.165, 1.54) is 0 Å². The van der Waals surface area contributed by atoms with Crippen molar-refractivity contribution in [1.82, 2.24) is 9.88 Å². The number of pyridine rings is 1. The van der Waals surface area contributed by atoms with Gasteiger partial charge in [-0.2, -0.15) is 0 Å². The Hall–Kier alpha value is -2.62. The van der Waals surface area contributed by atoms with Gasteiger partial charge in [-0.15, -0.1) is 0 Å². The van der Waals surface area contributed by atoms with Crippen molar-refractivity contribution in [3.8, 4) is 11.8 Å². The van der Waals surface area contributed by atoms with Gasteiger partial charge in [-0.25, -0.2) is 4.98 Å². The highest BCUT2D eigenvalue weighted by atomic mass is 35.5. The number of nitrogens with two attached hydrogens (primary N) is 1. The van der Waals surface area contributed by atoms with Crippen molar-refractivity contribution < 1.29 is 9.90 Å². The van der Waals surface area contributed by atoms with Gasteiger partial charge in [-0.05, 0) is 43.8 Å². The number of aliphatic hydroxyl groups is 1. The third-order valence-corrected chi connectivity index (χ3v) is 6.29. The molecule has 0 spiro atoms. The first kappa shape index (κ1) is 25.0. The van der Waals surface area contributed by atoms with E-state index in [2.05, 4.69) is 35.6 Å². The molecule has 1 unspecified atom stereocenters. The Morgan fingerprint density at radius 3 is 2.45 bits per heavy atom. The van der Waals surface area contributed by atoms with Crippen molar-refractivity contribution in [3.63, 3.8) is 0 Å². The van der Waals surface area contributed by atoms with Gasteiger partial charge in [0.2, 0.25) is 0 Å². The topological polar surface area (TPSA) is 79.5 Å². The van der Waals surface area contributed by atoms with Crippen molar-refractivity contribution in [2.75, 3.05) is 25.4 Å². The van der Waals surface area contributed by atoms with Crippen LogP contribution in [0.2, 0.25) is 10.0 Å². The number of benzene rings is 2. The van der Waals surface area contributed by atoms with Crippen LogP contribution in [0.4, 0.5) is 5.82 Å². The van der Waals surface area contributed by atoms with Gasteiger partial charge in [0.25, 0.3) is 0 Å². The van der Waals surface area contributed by atoms with Crippen LogP contribution >= 0.6 is 23.2 Å². The summed E-state index contributed by atoms with van der Waals surface area (Å²) >= 11 is 12.3. The maximum absolute atomic E-state index is 12.5. The molecule has 1 atom stereocenters. The fourth-order valence-electron chi connectivity index (χ4n) is 3.55. The van der Waals surface area contributed by atoms with E-state index in [1.807, 2.05) is 0 Å². The summed E-state index contributed by atoms with van der Waals surface area (Å²) in [5, 5.41) is 12.6. The second-order valence-corrected chi connectivity index (χ2v) is 8.62. The molecule has 0 bridgehead atoms. The molecule has 7 heteroatoms. The Labute approximate surface area is 204 Å². The largest absolute Gasteiger partial charge is 0.392 e. The van der Waals surface area contributed by atoms with Crippen LogP contribution in [0, 0.1) is 11.8 Å². The molecule has 3 aromatic rings. The number of halogens is 2. The van der Waals surface area contributed by atoms with Gasteiger partial charge in [0, 0.05) is 41.1 Å². The lowest BCUT2D eigenvalue weighted by Gasteiger charge is -2.21. The Morgan fingerprint density at radius 2 is 1.79 bits per heavy atom. The van der Waals surface area contributed by atoms with E-state index < -0.39 is 6.10 Å². The number of fused-ring (bicyclic) bond motifs is 1. The molecule has 3 rings (SSSR count). The summed E-state index contributed by atoms with van der Waals surface area (Å²) in [7, 11) is 0. The molecule has 5 nitrogen and oxygen atoms in total. The summed E-state index contributed by atoms with van der Waals surface area (Å²) in [6.07, 6.45) is 1.87. The van der Waals surface area contributed by atoms with Crippen LogP contribution in [-0.2, 0) is 0 Å². The zero-order valence-electron chi connectivity index (χ0n) is 18.7. The van der Waals surface area contributed by atoms with Crippen molar-refractivity contribution in [3.05, 3.63) is 69.3 Å². The van der Waals surface area contributed by atoms with Crippen LogP contribution in [0.1, 0.15) is 48.2 Å². The number of aromatic nitrogens is 1. The minimum absolute atomic E-state index is 0.00197. The van der Waals surface area contributed by atoms with E-state index in [0.29, 0.717) is 46.4 Å². The van der Waals surface area contributed by atoms with Crippen molar-refractivity contribution >= 4 is 45.6 Å². The molecule has 3 N–H and O–H groups in total. The van der Waals surface area contributed by atoms with Crippen LogP contribution in [0.3, 0.4) is 0 Å². The number of nitrogen functional groups attached to an aromatic ring is 1. The van der Waals surface area contributed by atoms with Crippen LogP contribution in [0.5, 0.6) is 0 Å². The first-order valence-corrected chi connectivity index (χ1v) is 11.7.